The summed E-state index contributed by atoms with van der Waals surface area (Å²) in [6, 6.07) is 18.0. The summed E-state index contributed by atoms with van der Waals surface area (Å²) in [5.41, 5.74) is 3.87. The molecule has 0 spiro atoms. The van der Waals surface area contributed by atoms with Gasteiger partial charge in [-0.3, -0.25) is 14.5 Å². The van der Waals surface area contributed by atoms with Crippen LogP contribution in [0.15, 0.2) is 64.3 Å². The number of H-pyrrole nitrogens is 1. The maximum Gasteiger partial charge on any atom is 0.254 e. The molecule has 214 valence electrons. The van der Waals surface area contributed by atoms with Crippen LogP contribution in [0, 0.1) is 11.3 Å². The van der Waals surface area contributed by atoms with Crippen molar-refractivity contribution in [3.8, 4) is 17.3 Å². The number of carbonyl (C=O) groups excluding carboxylic acids is 1. The minimum Gasteiger partial charge on any atom is -0.322 e. The molecule has 0 saturated carbocycles. The molecule has 0 bridgehead atoms. The number of hydrogen-bond acceptors (Lipinski definition) is 6. The first kappa shape index (κ1) is 28.7. The maximum atomic E-state index is 13.4. The van der Waals surface area contributed by atoms with E-state index in [1.807, 2.05) is 32.0 Å². The monoisotopic (exact) mass is 573 g/mol. The number of nitrogens with one attached hydrogen (secondary N) is 1. The number of hydrogen-bond donors (Lipinski definition) is 1. The second-order valence-electron chi connectivity index (χ2n) is 10.7. The molecule has 3 heterocycles. The number of aromatic amines is 1. The largest absolute Gasteiger partial charge is 0.322 e. The molecule has 0 radical (unpaired) electrons. The van der Waals surface area contributed by atoms with Crippen molar-refractivity contribution in [2.45, 2.75) is 50.5 Å². The molecule has 2 aromatic carbocycles. The molecule has 1 unspecified atom stereocenters. The third-order valence-corrected chi connectivity index (χ3v) is 9.81. The van der Waals surface area contributed by atoms with Gasteiger partial charge < -0.3 is 9.88 Å². The van der Waals surface area contributed by atoms with E-state index < -0.39 is 15.9 Å². The van der Waals surface area contributed by atoms with Crippen molar-refractivity contribution in [2.75, 3.05) is 37.6 Å². The van der Waals surface area contributed by atoms with E-state index in [2.05, 4.69) is 16.0 Å². The minimum absolute atomic E-state index is 0.0233. The van der Waals surface area contributed by atoms with Crippen molar-refractivity contribution >= 4 is 21.6 Å². The van der Waals surface area contributed by atoms with E-state index in [9.17, 15) is 18.0 Å². The van der Waals surface area contributed by atoms with Gasteiger partial charge in [0.1, 0.15) is 0 Å². The summed E-state index contributed by atoms with van der Waals surface area (Å²) in [5, 5.41) is 8.98. The fraction of sp³-hybridized carbons (Fsp3) is 0.387. The van der Waals surface area contributed by atoms with Crippen molar-refractivity contribution in [1.82, 2.24) is 14.2 Å². The SMILES string of the molecule is CCCC1C(=O)N(CCC)c2cc(-c3ccc(S(=O)(=O)N4CCN(Cc5ccc(C#N)cc5)CC4)cc3)[nH]c(=O)c21. The zero-order valence-corrected chi connectivity index (χ0v) is 24.3. The number of rotatable bonds is 9. The summed E-state index contributed by atoms with van der Waals surface area (Å²) >= 11 is 0. The zero-order chi connectivity index (χ0) is 29.1. The smallest absolute Gasteiger partial charge is 0.254 e. The summed E-state index contributed by atoms with van der Waals surface area (Å²) in [6.45, 7) is 7.25. The second-order valence-corrected chi connectivity index (χ2v) is 12.6. The summed E-state index contributed by atoms with van der Waals surface area (Å²) in [7, 11) is -3.68. The number of anilines is 1. The first-order valence-electron chi connectivity index (χ1n) is 14.2. The number of nitriles is 1. The number of fused-ring (bicyclic) bond motifs is 1. The molecular formula is C31H35N5O4S. The second kappa shape index (κ2) is 12.0. The lowest BCUT2D eigenvalue weighted by Gasteiger charge is -2.34. The molecule has 9 nitrogen and oxygen atoms in total. The van der Waals surface area contributed by atoms with Gasteiger partial charge in [0.25, 0.3) is 5.56 Å². The molecule has 5 rings (SSSR count). The lowest BCUT2D eigenvalue weighted by Crippen LogP contribution is -2.48. The van der Waals surface area contributed by atoms with E-state index in [1.165, 1.54) is 4.31 Å². The van der Waals surface area contributed by atoms with Gasteiger partial charge in [-0.05, 0) is 54.3 Å². The Morgan fingerprint density at radius 2 is 1.63 bits per heavy atom. The summed E-state index contributed by atoms with van der Waals surface area (Å²) < 4.78 is 28.3. The van der Waals surface area contributed by atoms with Gasteiger partial charge in [0, 0.05) is 39.3 Å². The van der Waals surface area contributed by atoms with E-state index in [0.29, 0.717) is 73.8 Å². The summed E-state index contributed by atoms with van der Waals surface area (Å²) in [5.74, 6) is -0.443. The van der Waals surface area contributed by atoms with Crippen LogP contribution in [-0.2, 0) is 21.4 Å². The highest BCUT2D eigenvalue weighted by atomic mass is 32.2. The Labute approximate surface area is 241 Å². The number of nitrogens with zero attached hydrogens (tertiary/aromatic N) is 4. The van der Waals surface area contributed by atoms with E-state index in [4.69, 9.17) is 5.26 Å². The molecule has 1 fully saturated rings. The molecule has 0 aliphatic carbocycles. The Hall–Kier alpha value is -3.78. The summed E-state index contributed by atoms with van der Waals surface area (Å²) in [6.07, 6.45) is 2.21. The third-order valence-electron chi connectivity index (χ3n) is 7.90. The molecule has 3 aromatic rings. The third kappa shape index (κ3) is 5.71. The van der Waals surface area contributed by atoms with Crippen LogP contribution in [0.25, 0.3) is 11.3 Å². The molecule has 1 aromatic heterocycles. The van der Waals surface area contributed by atoms with Gasteiger partial charge in [-0.25, -0.2) is 8.42 Å². The lowest BCUT2D eigenvalue weighted by molar-refractivity contribution is -0.119. The Kier molecular flexibility index (Phi) is 8.40. The molecule has 10 heteroatoms. The van der Waals surface area contributed by atoms with Crippen molar-refractivity contribution < 1.29 is 13.2 Å². The molecule has 1 amide bonds. The zero-order valence-electron chi connectivity index (χ0n) is 23.5. The van der Waals surface area contributed by atoms with Gasteiger partial charge in [0.2, 0.25) is 15.9 Å². The average Bonchev–Trinajstić information content (AvgIpc) is 3.25. The highest BCUT2D eigenvalue weighted by molar-refractivity contribution is 7.89. The van der Waals surface area contributed by atoms with E-state index in [1.54, 1.807) is 41.3 Å². The molecule has 2 aliphatic heterocycles. The highest BCUT2D eigenvalue weighted by Crippen LogP contribution is 2.39. The number of carbonyl (C=O) groups is 1. The Morgan fingerprint density at radius 3 is 2.24 bits per heavy atom. The lowest BCUT2D eigenvalue weighted by atomic mass is 9.96. The first-order chi connectivity index (χ1) is 19.8. The molecular weight excluding hydrogens is 538 g/mol. The van der Waals surface area contributed by atoms with Crippen molar-refractivity contribution in [3.63, 3.8) is 0 Å². The van der Waals surface area contributed by atoms with Crippen LogP contribution in [0.5, 0.6) is 0 Å². The van der Waals surface area contributed by atoms with Crippen LogP contribution in [0.3, 0.4) is 0 Å². The van der Waals surface area contributed by atoms with Gasteiger partial charge in [0.05, 0.1) is 39.4 Å². The topological polar surface area (TPSA) is 118 Å². The van der Waals surface area contributed by atoms with Crippen LogP contribution in [0.1, 0.15) is 55.7 Å². The fourth-order valence-electron chi connectivity index (χ4n) is 5.74. The molecule has 41 heavy (non-hydrogen) atoms. The summed E-state index contributed by atoms with van der Waals surface area (Å²) in [4.78, 5) is 33.3. The van der Waals surface area contributed by atoms with Crippen LogP contribution in [-0.4, -0.2) is 61.2 Å². The molecule has 1 saturated heterocycles. The Balaban J connectivity index is 1.30. The van der Waals surface area contributed by atoms with E-state index >= 15 is 0 Å². The van der Waals surface area contributed by atoms with E-state index in [-0.39, 0.29) is 16.4 Å². The number of piperazine rings is 1. The highest BCUT2D eigenvalue weighted by Gasteiger charge is 2.39. The number of aromatic nitrogens is 1. The average molecular weight is 574 g/mol. The quantitative estimate of drug-likeness (QED) is 0.413. The van der Waals surface area contributed by atoms with Crippen LogP contribution in [0.4, 0.5) is 5.69 Å². The Morgan fingerprint density at radius 1 is 0.951 bits per heavy atom. The van der Waals surface area contributed by atoms with Gasteiger partial charge in [0.15, 0.2) is 0 Å². The normalized spacial score (nSPS) is 17.9. The Bertz CT molecular complexity index is 1620. The predicted octanol–water partition coefficient (Wildman–Crippen LogP) is 4.06. The van der Waals surface area contributed by atoms with Gasteiger partial charge in [-0.1, -0.05) is 44.5 Å². The molecule has 1 N–H and O–H groups in total. The van der Waals surface area contributed by atoms with Gasteiger partial charge in [-0.2, -0.15) is 9.57 Å². The first-order valence-corrected chi connectivity index (χ1v) is 15.6. The van der Waals surface area contributed by atoms with Gasteiger partial charge in [-0.15, -0.1) is 0 Å². The van der Waals surface area contributed by atoms with Crippen LogP contribution in [0.2, 0.25) is 0 Å². The van der Waals surface area contributed by atoms with Crippen molar-refractivity contribution in [3.05, 3.63) is 81.6 Å². The number of sulfonamides is 1. The minimum atomic E-state index is -3.68. The fourth-order valence-corrected chi connectivity index (χ4v) is 7.16. The molecule has 2 aliphatic rings. The predicted molar refractivity (Wildman–Crippen MR) is 158 cm³/mol. The number of benzene rings is 2. The number of pyridine rings is 1. The van der Waals surface area contributed by atoms with Crippen LogP contribution < -0.4 is 10.5 Å². The standard InChI is InChI=1S/C31H35N5O4S/c1-3-5-26-29-28(36(14-4-2)31(26)38)19-27(33-30(29)37)24-10-12-25(13-11-24)41(39,40)35-17-15-34(16-18-35)21-23-8-6-22(20-32)7-9-23/h6-13,19,26H,3-5,14-18,21H2,1-2H3,(H,33,37). The maximum absolute atomic E-state index is 13.4. The van der Waals surface area contributed by atoms with Crippen molar-refractivity contribution in [2.24, 2.45) is 0 Å². The van der Waals surface area contributed by atoms with E-state index in [0.717, 1.165) is 18.4 Å². The number of amides is 1. The van der Waals surface area contributed by atoms with Crippen molar-refractivity contribution in [1.29, 1.82) is 5.26 Å². The van der Waals surface area contributed by atoms with Crippen LogP contribution >= 0.6 is 0 Å². The van der Waals surface area contributed by atoms with Gasteiger partial charge >= 0.3 is 0 Å². The molecule has 1 atom stereocenters.